The first-order valence-electron chi connectivity index (χ1n) is 9.38. The van der Waals surface area contributed by atoms with Gasteiger partial charge in [0, 0.05) is 23.9 Å². The number of hydrogen-bond donors (Lipinski definition) is 3. The van der Waals surface area contributed by atoms with Gasteiger partial charge in [0.15, 0.2) is 0 Å². The second-order valence-electron chi connectivity index (χ2n) is 7.26. The lowest BCUT2D eigenvalue weighted by Gasteiger charge is -2.14. The van der Waals surface area contributed by atoms with E-state index in [0.29, 0.717) is 40.4 Å². The highest BCUT2D eigenvalue weighted by Crippen LogP contribution is 2.36. The summed E-state index contributed by atoms with van der Waals surface area (Å²) in [7, 11) is 3.79. The van der Waals surface area contributed by atoms with Crippen LogP contribution in [0.4, 0.5) is 0 Å². The number of amides is 1. The van der Waals surface area contributed by atoms with Gasteiger partial charge in [0.1, 0.15) is 16.8 Å². The summed E-state index contributed by atoms with van der Waals surface area (Å²) >= 11 is 0. The van der Waals surface area contributed by atoms with E-state index in [1.807, 2.05) is 25.1 Å². The number of fused-ring (bicyclic) bond motifs is 4. The van der Waals surface area contributed by atoms with Crippen molar-refractivity contribution in [2.45, 2.75) is 0 Å². The number of carbonyl (C=O) groups excluding carboxylic acids is 1. The third-order valence-corrected chi connectivity index (χ3v) is 4.89. The van der Waals surface area contributed by atoms with Crippen molar-refractivity contribution in [2.75, 3.05) is 27.2 Å². The van der Waals surface area contributed by atoms with Crippen molar-refractivity contribution in [1.82, 2.24) is 20.2 Å². The summed E-state index contributed by atoms with van der Waals surface area (Å²) in [5.74, 6) is -1.72. The first kappa shape index (κ1) is 19.5. The summed E-state index contributed by atoms with van der Waals surface area (Å²) in [5.41, 5.74) is 1.62. The molecule has 1 heterocycles. The molecule has 0 saturated carbocycles. The number of carbonyl (C=O) groups is 2. The van der Waals surface area contributed by atoms with Crippen LogP contribution in [0.3, 0.4) is 0 Å². The Morgan fingerprint density at radius 3 is 2.40 bits per heavy atom. The standard InChI is InChI=1S/C22H20N4O4/c1-26(2)10-9-23-21(28)17-19-18(13-5-3-4-6-14(13)20(17)27)24-15-8-7-12(22(29)30)11-16(15)25-19/h3-8,11,27H,9-10H2,1-2H3,(H,23,28)(H,29,30). The molecule has 1 aromatic heterocycles. The molecule has 0 aliphatic rings. The van der Waals surface area contributed by atoms with E-state index >= 15 is 0 Å². The van der Waals surface area contributed by atoms with Gasteiger partial charge < -0.3 is 20.4 Å². The Morgan fingerprint density at radius 2 is 1.70 bits per heavy atom. The predicted octanol–water partition coefficient (Wildman–Crippen LogP) is 2.63. The molecule has 8 nitrogen and oxygen atoms in total. The maximum atomic E-state index is 13.0. The number of aromatic carboxylic acids is 1. The molecule has 30 heavy (non-hydrogen) atoms. The second-order valence-corrected chi connectivity index (χ2v) is 7.26. The smallest absolute Gasteiger partial charge is 0.335 e. The molecule has 4 rings (SSSR count). The normalized spacial score (nSPS) is 11.4. The minimum Gasteiger partial charge on any atom is -0.506 e. The van der Waals surface area contributed by atoms with Crippen LogP contribution in [0.1, 0.15) is 20.7 Å². The van der Waals surface area contributed by atoms with E-state index in [-0.39, 0.29) is 22.4 Å². The number of nitrogens with zero attached hydrogens (tertiary/aromatic N) is 3. The summed E-state index contributed by atoms with van der Waals surface area (Å²) in [4.78, 5) is 35.4. The molecule has 3 aromatic carbocycles. The summed E-state index contributed by atoms with van der Waals surface area (Å²) < 4.78 is 0. The third-order valence-electron chi connectivity index (χ3n) is 4.89. The van der Waals surface area contributed by atoms with E-state index < -0.39 is 11.9 Å². The van der Waals surface area contributed by atoms with Crippen molar-refractivity contribution in [2.24, 2.45) is 0 Å². The lowest BCUT2D eigenvalue weighted by molar-refractivity contribution is 0.0696. The molecule has 0 aliphatic heterocycles. The number of hydrogen-bond acceptors (Lipinski definition) is 6. The van der Waals surface area contributed by atoms with Gasteiger partial charge in [-0.15, -0.1) is 0 Å². The van der Waals surface area contributed by atoms with Crippen molar-refractivity contribution in [1.29, 1.82) is 0 Å². The Hall–Kier alpha value is -3.78. The number of phenolic OH excluding ortho intramolecular Hbond substituents is 1. The van der Waals surface area contributed by atoms with E-state index in [1.54, 1.807) is 24.3 Å². The molecule has 0 spiro atoms. The number of benzene rings is 3. The van der Waals surface area contributed by atoms with Gasteiger partial charge in [-0.25, -0.2) is 14.8 Å². The van der Waals surface area contributed by atoms with Crippen LogP contribution in [-0.4, -0.2) is 64.1 Å². The number of aromatic hydroxyl groups is 1. The van der Waals surface area contributed by atoms with Gasteiger partial charge >= 0.3 is 5.97 Å². The lowest BCUT2D eigenvalue weighted by Crippen LogP contribution is -2.31. The Morgan fingerprint density at radius 1 is 1.00 bits per heavy atom. The van der Waals surface area contributed by atoms with Gasteiger partial charge in [-0.2, -0.15) is 0 Å². The van der Waals surface area contributed by atoms with Crippen LogP contribution in [0, 0.1) is 0 Å². The van der Waals surface area contributed by atoms with Crippen LogP contribution in [0.2, 0.25) is 0 Å². The number of rotatable bonds is 5. The average molecular weight is 404 g/mol. The molecule has 0 radical (unpaired) electrons. The molecule has 0 atom stereocenters. The summed E-state index contributed by atoms with van der Waals surface area (Å²) in [5, 5.41) is 24.1. The Labute approximate surface area is 171 Å². The highest BCUT2D eigenvalue weighted by molar-refractivity contribution is 6.19. The zero-order valence-electron chi connectivity index (χ0n) is 16.5. The van der Waals surface area contributed by atoms with E-state index in [1.165, 1.54) is 12.1 Å². The van der Waals surface area contributed by atoms with Gasteiger partial charge in [-0.1, -0.05) is 24.3 Å². The lowest BCUT2D eigenvalue weighted by atomic mass is 10.0. The summed E-state index contributed by atoms with van der Waals surface area (Å²) in [6.45, 7) is 1.03. The average Bonchev–Trinajstić information content (AvgIpc) is 2.72. The fraction of sp³-hybridized carbons (Fsp3) is 0.182. The quantitative estimate of drug-likeness (QED) is 0.346. The minimum absolute atomic E-state index is 0.0255. The molecule has 1 amide bonds. The third kappa shape index (κ3) is 3.37. The van der Waals surface area contributed by atoms with Gasteiger partial charge in [0.2, 0.25) is 0 Å². The largest absolute Gasteiger partial charge is 0.506 e. The number of phenols is 1. The molecule has 0 saturated heterocycles. The maximum absolute atomic E-state index is 13.0. The van der Waals surface area contributed by atoms with Crippen molar-refractivity contribution in [3.05, 3.63) is 53.6 Å². The van der Waals surface area contributed by atoms with Crippen LogP contribution in [-0.2, 0) is 0 Å². The van der Waals surface area contributed by atoms with Crippen LogP contribution < -0.4 is 5.32 Å². The molecular weight excluding hydrogens is 384 g/mol. The number of carboxylic acids is 1. The number of aromatic nitrogens is 2. The SMILES string of the molecule is CN(C)CCNC(=O)c1c(O)c2ccccc2c2nc3ccc(C(=O)O)cc3nc12. The monoisotopic (exact) mass is 404 g/mol. The van der Waals surface area contributed by atoms with Crippen LogP contribution in [0.15, 0.2) is 42.5 Å². The van der Waals surface area contributed by atoms with Gasteiger partial charge in [-0.3, -0.25) is 4.79 Å². The first-order chi connectivity index (χ1) is 14.4. The zero-order chi connectivity index (χ0) is 21.4. The fourth-order valence-corrected chi connectivity index (χ4v) is 3.39. The van der Waals surface area contributed by atoms with E-state index in [0.717, 1.165) is 0 Å². The number of likely N-dealkylation sites (N-methyl/N-ethyl adjacent to an activating group) is 1. The molecule has 0 aliphatic carbocycles. The maximum Gasteiger partial charge on any atom is 0.335 e. The van der Waals surface area contributed by atoms with E-state index in [4.69, 9.17) is 0 Å². The van der Waals surface area contributed by atoms with E-state index in [2.05, 4.69) is 15.3 Å². The molecular formula is C22H20N4O4. The van der Waals surface area contributed by atoms with Crippen LogP contribution in [0.5, 0.6) is 5.75 Å². The summed E-state index contributed by atoms with van der Waals surface area (Å²) in [6.07, 6.45) is 0. The molecule has 0 bridgehead atoms. The second kappa shape index (κ2) is 7.57. The molecule has 0 unspecified atom stereocenters. The van der Waals surface area contributed by atoms with Crippen LogP contribution in [0.25, 0.3) is 32.8 Å². The molecule has 0 fully saturated rings. The highest BCUT2D eigenvalue weighted by atomic mass is 16.4. The molecule has 4 aromatic rings. The van der Waals surface area contributed by atoms with Gasteiger partial charge in [0.25, 0.3) is 5.91 Å². The van der Waals surface area contributed by atoms with E-state index in [9.17, 15) is 19.8 Å². The number of nitrogens with one attached hydrogen (secondary N) is 1. The van der Waals surface area contributed by atoms with Crippen molar-refractivity contribution in [3.63, 3.8) is 0 Å². The molecule has 8 heteroatoms. The molecule has 152 valence electrons. The zero-order valence-corrected chi connectivity index (χ0v) is 16.5. The Balaban J connectivity index is 2.00. The fourth-order valence-electron chi connectivity index (χ4n) is 3.39. The Kier molecular flexibility index (Phi) is 4.93. The topological polar surface area (TPSA) is 116 Å². The first-order valence-corrected chi connectivity index (χ1v) is 9.38. The van der Waals surface area contributed by atoms with Crippen molar-refractivity contribution < 1.29 is 19.8 Å². The minimum atomic E-state index is -1.08. The predicted molar refractivity (Wildman–Crippen MR) is 114 cm³/mol. The molecule has 3 N–H and O–H groups in total. The van der Waals surface area contributed by atoms with Crippen LogP contribution >= 0.6 is 0 Å². The Bertz CT molecular complexity index is 1320. The van der Waals surface area contributed by atoms with Crippen molar-refractivity contribution in [3.8, 4) is 5.75 Å². The number of carboxylic acid groups (broad SMARTS) is 1. The van der Waals surface area contributed by atoms with Crippen molar-refractivity contribution >= 4 is 44.7 Å². The summed E-state index contributed by atoms with van der Waals surface area (Å²) in [6, 6.07) is 11.6. The highest BCUT2D eigenvalue weighted by Gasteiger charge is 2.22. The van der Waals surface area contributed by atoms with Gasteiger partial charge in [-0.05, 0) is 32.3 Å². The van der Waals surface area contributed by atoms with Gasteiger partial charge in [0.05, 0.1) is 22.1 Å².